The number of carboxylic acids is 1. The van der Waals surface area contributed by atoms with E-state index in [-0.39, 0.29) is 12.2 Å². The van der Waals surface area contributed by atoms with E-state index in [0.717, 1.165) is 28.0 Å². The van der Waals surface area contributed by atoms with Crippen molar-refractivity contribution in [2.24, 2.45) is 0 Å². The number of hydrogen-bond donors (Lipinski definition) is 2. The summed E-state index contributed by atoms with van der Waals surface area (Å²) in [6.45, 7) is 13.7. The molecule has 2 aromatic carbocycles. The number of aryl methyl sites for hydroxylation is 4. The molecule has 0 aromatic heterocycles. The fraction of sp³-hybridized carbons (Fsp3) is 0.409. The number of rotatable bonds is 5. The molecule has 0 aliphatic rings. The Balaban J connectivity index is 0.00000146. The Bertz CT molecular complexity index is 682. The van der Waals surface area contributed by atoms with Crippen molar-refractivity contribution in [1.82, 2.24) is 0 Å². The molecule has 4 heteroatoms. The molecule has 0 atom stereocenters. The van der Waals surface area contributed by atoms with E-state index in [1.165, 1.54) is 0 Å². The first-order valence-corrected chi connectivity index (χ1v) is 9.16. The zero-order valence-corrected chi connectivity index (χ0v) is 17.0. The Hall–Kier alpha value is -2.49. The molecule has 26 heavy (non-hydrogen) atoms. The number of carboxylic acid groups (broad SMARTS) is 1. The molecule has 2 rings (SSSR count). The van der Waals surface area contributed by atoms with Gasteiger partial charge in [0.25, 0.3) is 0 Å². The minimum absolute atomic E-state index is 0.121. The van der Waals surface area contributed by atoms with Crippen molar-refractivity contribution < 1.29 is 19.7 Å². The van der Waals surface area contributed by atoms with Gasteiger partial charge in [0.1, 0.15) is 17.2 Å². The standard InChI is InChI=1S/C18H20O4.2C2H6/c1-11-10-15(5-6-16(11)19)22-18-12(2)8-14(9-13(18)3)4-7-17(20)21;2*1-2/h5-6,8-10,19H,4,7H2,1-3H3,(H,20,21);2*1-2H3. The van der Waals surface area contributed by atoms with Gasteiger partial charge >= 0.3 is 5.97 Å². The number of carbonyl (C=O) groups is 1. The number of ether oxygens (including phenoxy) is 1. The first kappa shape index (κ1) is 23.5. The van der Waals surface area contributed by atoms with Gasteiger partial charge in [-0.3, -0.25) is 4.79 Å². The highest BCUT2D eigenvalue weighted by Gasteiger charge is 2.10. The summed E-state index contributed by atoms with van der Waals surface area (Å²) in [6, 6.07) is 9.03. The Morgan fingerprint density at radius 3 is 1.92 bits per heavy atom. The minimum atomic E-state index is -0.796. The second kappa shape index (κ2) is 12.0. The van der Waals surface area contributed by atoms with Crippen molar-refractivity contribution in [3.63, 3.8) is 0 Å². The van der Waals surface area contributed by atoms with Crippen molar-refractivity contribution in [3.05, 3.63) is 52.6 Å². The molecule has 0 spiro atoms. The van der Waals surface area contributed by atoms with Crippen molar-refractivity contribution in [3.8, 4) is 17.2 Å². The lowest BCUT2D eigenvalue weighted by atomic mass is 10.0. The molecule has 2 aromatic rings. The molecule has 0 radical (unpaired) electrons. The molecular weight excluding hydrogens is 328 g/mol. The third kappa shape index (κ3) is 7.18. The van der Waals surface area contributed by atoms with E-state index in [9.17, 15) is 9.90 Å². The fourth-order valence-corrected chi connectivity index (χ4v) is 2.41. The predicted octanol–water partition coefficient (Wildman–Crippen LogP) is 6.18. The number of aliphatic carboxylic acids is 1. The molecule has 0 bridgehead atoms. The summed E-state index contributed by atoms with van der Waals surface area (Å²) in [5.41, 5.74) is 3.68. The van der Waals surface area contributed by atoms with Gasteiger partial charge in [0, 0.05) is 6.42 Å². The summed E-state index contributed by atoms with van der Waals surface area (Å²) in [5.74, 6) is 0.879. The van der Waals surface area contributed by atoms with Gasteiger partial charge in [-0.25, -0.2) is 0 Å². The van der Waals surface area contributed by atoms with E-state index in [0.29, 0.717) is 12.2 Å². The van der Waals surface area contributed by atoms with Gasteiger partial charge in [-0.1, -0.05) is 39.8 Å². The highest BCUT2D eigenvalue weighted by molar-refractivity contribution is 5.67. The highest BCUT2D eigenvalue weighted by Crippen LogP contribution is 2.32. The maximum atomic E-state index is 10.7. The number of aromatic hydroxyl groups is 1. The Morgan fingerprint density at radius 2 is 1.46 bits per heavy atom. The molecule has 0 amide bonds. The zero-order valence-electron chi connectivity index (χ0n) is 17.0. The lowest BCUT2D eigenvalue weighted by Crippen LogP contribution is -1.99. The second-order valence-electron chi connectivity index (χ2n) is 5.50. The molecule has 0 heterocycles. The molecule has 0 aliphatic carbocycles. The van der Waals surface area contributed by atoms with E-state index >= 15 is 0 Å². The van der Waals surface area contributed by atoms with Crippen LogP contribution in [0, 0.1) is 20.8 Å². The van der Waals surface area contributed by atoms with Crippen LogP contribution < -0.4 is 4.74 Å². The molecule has 0 unspecified atom stereocenters. The van der Waals surface area contributed by atoms with Crippen LogP contribution in [0.4, 0.5) is 0 Å². The molecule has 0 saturated heterocycles. The normalized spacial score (nSPS) is 9.35. The van der Waals surface area contributed by atoms with Crippen molar-refractivity contribution in [2.75, 3.05) is 0 Å². The maximum Gasteiger partial charge on any atom is 0.303 e. The SMILES string of the molecule is CC.CC.Cc1cc(Oc2c(C)cc(CCC(=O)O)cc2C)ccc1O. The zero-order chi connectivity index (χ0) is 20.3. The van der Waals surface area contributed by atoms with Crippen molar-refractivity contribution in [2.45, 2.75) is 61.3 Å². The van der Waals surface area contributed by atoms with Gasteiger partial charge in [-0.05, 0) is 67.6 Å². The average molecular weight is 360 g/mol. The Labute approximate surface area is 157 Å². The minimum Gasteiger partial charge on any atom is -0.508 e. The number of hydrogen-bond acceptors (Lipinski definition) is 3. The van der Waals surface area contributed by atoms with Gasteiger partial charge in [0.2, 0.25) is 0 Å². The van der Waals surface area contributed by atoms with Crippen LogP contribution in [0.2, 0.25) is 0 Å². The Morgan fingerprint density at radius 1 is 0.923 bits per heavy atom. The third-order valence-corrected chi connectivity index (χ3v) is 3.54. The average Bonchev–Trinajstić information content (AvgIpc) is 2.63. The topological polar surface area (TPSA) is 66.8 Å². The van der Waals surface area contributed by atoms with Gasteiger partial charge in [0.05, 0.1) is 0 Å². The van der Waals surface area contributed by atoms with Crippen LogP contribution in [0.3, 0.4) is 0 Å². The smallest absolute Gasteiger partial charge is 0.303 e. The first-order chi connectivity index (χ1) is 12.4. The predicted molar refractivity (Wildman–Crippen MR) is 107 cm³/mol. The number of benzene rings is 2. The van der Waals surface area contributed by atoms with Gasteiger partial charge in [0.15, 0.2) is 0 Å². The van der Waals surface area contributed by atoms with E-state index < -0.39 is 5.97 Å². The number of phenolic OH excluding ortho intramolecular Hbond substituents is 1. The molecule has 2 N–H and O–H groups in total. The summed E-state index contributed by atoms with van der Waals surface area (Å²) >= 11 is 0. The van der Waals surface area contributed by atoms with E-state index in [1.807, 2.05) is 60.6 Å². The molecule has 0 saturated carbocycles. The fourth-order valence-electron chi connectivity index (χ4n) is 2.41. The van der Waals surface area contributed by atoms with Gasteiger partial charge in [-0.15, -0.1) is 0 Å². The van der Waals surface area contributed by atoms with Crippen molar-refractivity contribution in [1.29, 1.82) is 0 Å². The lowest BCUT2D eigenvalue weighted by Gasteiger charge is -2.14. The van der Waals surface area contributed by atoms with Crippen LogP contribution in [-0.2, 0) is 11.2 Å². The molecule has 0 aliphatic heterocycles. The third-order valence-electron chi connectivity index (χ3n) is 3.54. The van der Waals surface area contributed by atoms with Crippen LogP contribution in [0.5, 0.6) is 17.2 Å². The summed E-state index contributed by atoms with van der Waals surface area (Å²) < 4.78 is 5.93. The van der Waals surface area contributed by atoms with Crippen LogP contribution in [-0.4, -0.2) is 16.2 Å². The number of phenols is 1. The molecule has 144 valence electrons. The van der Waals surface area contributed by atoms with E-state index in [1.54, 1.807) is 18.2 Å². The lowest BCUT2D eigenvalue weighted by molar-refractivity contribution is -0.136. The quantitative estimate of drug-likeness (QED) is 0.668. The van der Waals surface area contributed by atoms with Gasteiger partial charge in [-0.2, -0.15) is 0 Å². The summed E-state index contributed by atoms with van der Waals surface area (Å²) in [6.07, 6.45) is 0.631. The van der Waals surface area contributed by atoms with E-state index in [2.05, 4.69) is 0 Å². The second-order valence-corrected chi connectivity index (χ2v) is 5.50. The largest absolute Gasteiger partial charge is 0.508 e. The molecule has 4 nitrogen and oxygen atoms in total. The first-order valence-electron chi connectivity index (χ1n) is 9.16. The van der Waals surface area contributed by atoms with Crippen molar-refractivity contribution >= 4 is 5.97 Å². The van der Waals surface area contributed by atoms with E-state index in [4.69, 9.17) is 9.84 Å². The molecule has 0 fully saturated rings. The monoisotopic (exact) mass is 360 g/mol. The summed E-state index contributed by atoms with van der Waals surface area (Å²) in [4.78, 5) is 10.7. The van der Waals surface area contributed by atoms with Crippen LogP contribution in [0.15, 0.2) is 30.3 Å². The van der Waals surface area contributed by atoms with Gasteiger partial charge < -0.3 is 14.9 Å². The highest BCUT2D eigenvalue weighted by atomic mass is 16.5. The summed E-state index contributed by atoms with van der Waals surface area (Å²) in [7, 11) is 0. The summed E-state index contributed by atoms with van der Waals surface area (Å²) in [5, 5.41) is 18.3. The Kier molecular flexibility index (Phi) is 10.8. The van der Waals surface area contributed by atoms with Crippen LogP contribution in [0.25, 0.3) is 0 Å². The molecular formula is C22H32O4. The van der Waals surface area contributed by atoms with Crippen LogP contribution >= 0.6 is 0 Å². The maximum absolute atomic E-state index is 10.7. The van der Waals surface area contributed by atoms with Crippen LogP contribution in [0.1, 0.15) is 56.4 Å².